The summed E-state index contributed by atoms with van der Waals surface area (Å²) in [5, 5.41) is 10.2. The molecule has 3 rings (SSSR count). The van der Waals surface area contributed by atoms with Gasteiger partial charge in [0.15, 0.2) is 0 Å². The number of benzene rings is 2. The number of alkyl halides is 4. The molecular formula is C18H15F4NO3. The lowest BCUT2D eigenvalue weighted by molar-refractivity contribution is -0.253. The number of hydrogen-bond donors (Lipinski definition) is 1. The van der Waals surface area contributed by atoms with Gasteiger partial charge >= 0.3 is 12.5 Å². The van der Waals surface area contributed by atoms with Crippen LogP contribution in [-0.4, -0.2) is 35.0 Å². The molecule has 26 heavy (non-hydrogen) atoms. The fourth-order valence-electron chi connectivity index (χ4n) is 2.83. The maximum atomic E-state index is 13.2. The van der Waals surface area contributed by atoms with E-state index >= 15 is 0 Å². The number of β-amino-alcohol motifs (C(OH)–C–C–N with tert-alkyl or cyclic N) is 1. The van der Waals surface area contributed by atoms with Gasteiger partial charge < -0.3 is 14.7 Å². The maximum Gasteiger partial charge on any atom is 0.461 e. The van der Waals surface area contributed by atoms with E-state index in [4.69, 9.17) is 0 Å². The Bertz CT molecular complexity index is 813. The smallest absolute Gasteiger partial charge is 0.427 e. The van der Waals surface area contributed by atoms with Crippen LogP contribution in [0.1, 0.15) is 27.6 Å². The van der Waals surface area contributed by atoms with Gasteiger partial charge in [-0.15, -0.1) is 0 Å². The molecule has 1 N–H and O–H groups in total. The van der Waals surface area contributed by atoms with E-state index in [1.54, 1.807) is 24.3 Å². The Morgan fingerprint density at radius 2 is 1.81 bits per heavy atom. The van der Waals surface area contributed by atoms with Gasteiger partial charge in [0.2, 0.25) is 0 Å². The monoisotopic (exact) mass is 369 g/mol. The second-order valence-corrected chi connectivity index (χ2v) is 5.86. The SMILES string of the molecule is O=C(c1ccccc1OC(F)(F)C(F)F)N1Cc2ccccc2[C@@H](O)C1. The van der Waals surface area contributed by atoms with Crippen molar-refractivity contribution < 1.29 is 32.2 Å². The highest BCUT2D eigenvalue weighted by atomic mass is 19.3. The second kappa shape index (κ2) is 6.95. The van der Waals surface area contributed by atoms with Gasteiger partial charge in [-0.2, -0.15) is 17.6 Å². The highest BCUT2D eigenvalue weighted by Gasteiger charge is 2.44. The molecule has 0 aliphatic carbocycles. The number of carbonyl (C=O) groups is 1. The van der Waals surface area contributed by atoms with Crippen LogP contribution in [0, 0.1) is 0 Å². The Kier molecular flexibility index (Phi) is 4.86. The predicted octanol–water partition coefficient (Wildman–Crippen LogP) is 3.61. The van der Waals surface area contributed by atoms with Crippen LogP contribution in [0.4, 0.5) is 17.6 Å². The quantitative estimate of drug-likeness (QED) is 0.838. The summed E-state index contributed by atoms with van der Waals surface area (Å²) in [4.78, 5) is 14.0. The number of carbonyl (C=O) groups excluding carboxylic acids is 1. The van der Waals surface area contributed by atoms with E-state index < -0.39 is 30.3 Å². The molecule has 1 aliphatic rings. The Morgan fingerprint density at radius 1 is 1.15 bits per heavy atom. The van der Waals surface area contributed by atoms with Crippen LogP contribution in [0.3, 0.4) is 0 Å². The second-order valence-electron chi connectivity index (χ2n) is 5.86. The van der Waals surface area contributed by atoms with Gasteiger partial charge in [0, 0.05) is 6.54 Å². The van der Waals surface area contributed by atoms with Crippen LogP contribution in [0.5, 0.6) is 5.75 Å². The average molecular weight is 369 g/mol. The van der Waals surface area contributed by atoms with Crippen molar-refractivity contribution in [3.8, 4) is 5.75 Å². The third-order valence-electron chi connectivity index (χ3n) is 4.07. The summed E-state index contributed by atoms with van der Waals surface area (Å²) in [5.41, 5.74) is 1.13. The summed E-state index contributed by atoms with van der Waals surface area (Å²) < 4.78 is 55.4. The number of halogens is 4. The van der Waals surface area contributed by atoms with E-state index in [1.807, 2.05) is 0 Å². The molecule has 0 fully saturated rings. The molecule has 8 heteroatoms. The lowest BCUT2D eigenvalue weighted by Crippen LogP contribution is -2.39. The average Bonchev–Trinajstić information content (AvgIpc) is 2.61. The first kappa shape index (κ1) is 18.2. The highest BCUT2D eigenvalue weighted by Crippen LogP contribution is 2.32. The zero-order valence-corrected chi connectivity index (χ0v) is 13.4. The first-order valence-corrected chi connectivity index (χ1v) is 7.78. The number of ether oxygens (including phenoxy) is 1. The van der Waals surface area contributed by atoms with Crippen LogP contribution in [0.2, 0.25) is 0 Å². The van der Waals surface area contributed by atoms with Gasteiger partial charge in [-0.1, -0.05) is 36.4 Å². The summed E-state index contributed by atoms with van der Waals surface area (Å²) in [7, 11) is 0. The fraction of sp³-hybridized carbons (Fsp3) is 0.278. The Hall–Kier alpha value is -2.61. The van der Waals surface area contributed by atoms with E-state index in [-0.39, 0.29) is 18.7 Å². The normalized spacial score (nSPS) is 17.2. The molecule has 0 spiro atoms. The number of nitrogens with zero attached hydrogens (tertiary/aromatic N) is 1. The number of aliphatic hydroxyl groups excluding tert-OH is 1. The van der Waals surface area contributed by atoms with Crippen molar-refractivity contribution in [2.45, 2.75) is 25.2 Å². The lowest BCUT2D eigenvalue weighted by Gasteiger charge is -2.32. The minimum Gasteiger partial charge on any atom is -0.427 e. The maximum absolute atomic E-state index is 13.2. The topological polar surface area (TPSA) is 49.8 Å². The molecule has 138 valence electrons. The standard InChI is InChI=1S/C18H15F4NO3/c19-17(20)18(21,22)26-15-8-4-3-7-13(15)16(25)23-9-11-5-1-2-6-12(11)14(24)10-23/h1-8,14,17,24H,9-10H2/t14-/m0/s1. The third kappa shape index (κ3) is 3.50. The summed E-state index contributed by atoms with van der Waals surface area (Å²) >= 11 is 0. The van der Waals surface area contributed by atoms with E-state index in [1.165, 1.54) is 23.1 Å². The number of rotatable bonds is 4. The summed E-state index contributed by atoms with van der Waals surface area (Å²) in [6.45, 7) is 0.112. The van der Waals surface area contributed by atoms with Gasteiger partial charge in [0.25, 0.3) is 5.91 Å². The molecule has 1 heterocycles. The van der Waals surface area contributed by atoms with Gasteiger partial charge in [0.05, 0.1) is 18.2 Å². The molecule has 2 aromatic carbocycles. The van der Waals surface area contributed by atoms with Crippen molar-refractivity contribution in [1.29, 1.82) is 0 Å². The molecule has 0 aromatic heterocycles. The minimum absolute atomic E-state index is 0.0462. The van der Waals surface area contributed by atoms with Crippen LogP contribution in [-0.2, 0) is 6.54 Å². The van der Waals surface area contributed by atoms with Crippen LogP contribution >= 0.6 is 0 Å². The van der Waals surface area contributed by atoms with Crippen molar-refractivity contribution in [3.63, 3.8) is 0 Å². The molecule has 4 nitrogen and oxygen atoms in total. The number of amides is 1. The Balaban J connectivity index is 1.88. The van der Waals surface area contributed by atoms with Crippen molar-refractivity contribution in [2.75, 3.05) is 6.54 Å². The van der Waals surface area contributed by atoms with Crippen LogP contribution < -0.4 is 4.74 Å². The lowest BCUT2D eigenvalue weighted by atomic mass is 9.97. The molecule has 1 aliphatic heterocycles. The number of fused-ring (bicyclic) bond motifs is 1. The molecule has 1 atom stereocenters. The third-order valence-corrected chi connectivity index (χ3v) is 4.07. The van der Waals surface area contributed by atoms with Crippen molar-refractivity contribution in [1.82, 2.24) is 4.90 Å². The van der Waals surface area contributed by atoms with Crippen molar-refractivity contribution in [2.24, 2.45) is 0 Å². The number of aliphatic hydroxyl groups is 1. The van der Waals surface area contributed by atoms with Crippen LogP contribution in [0.15, 0.2) is 48.5 Å². The van der Waals surface area contributed by atoms with Crippen molar-refractivity contribution >= 4 is 5.91 Å². The summed E-state index contributed by atoms with van der Waals surface area (Å²) in [6.07, 6.45) is -9.68. The van der Waals surface area contributed by atoms with Crippen molar-refractivity contribution in [3.05, 3.63) is 65.2 Å². The molecule has 1 amide bonds. The molecule has 0 saturated heterocycles. The highest BCUT2D eigenvalue weighted by molar-refractivity contribution is 5.97. The number of hydrogen-bond acceptors (Lipinski definition) is 3. The summed E-state index contributed by atoms with van der Waals surface area (Å²) in [6, 6.07) is 11.9. The first-order chi connectivity index (χ1) is 12.3. The molecule has 0 bridgehead atoms. The Morgan fingerprint density at radius 3 is 2.54 bits per heavy atom. The summed E-state index contributed by atoms with van der Waals surface area (Å²) in [5.74, 6) is -1.34. The molecule has 0 unspecified atom stereocenters. The Labute approximate surface area is 146 Å². The largest absolute Gasteiger partial charge is 0.461 e. The first-order valence-electron chi connectivity index (χ1n) is 7.78. The zero-order valence-electron chi connectivity index (χ0n) is 13.4. The van der Waals surface area contributed by atoms with E-state index in [0.717, 1.165) is 11.6 Å². The van der Waals surface area contributed by atoms with E-state index in [2.05, 4.69) is 4.74 Å². The fourth-order valence-corrected chi connectivity index (χ4v) is 2.83. The molecule has 2 aromatic rings. The van der Waals surface area contributed by atoms with Gasteiger partial charge in [-0.3, -0.25) is 4.79 Å². The molecule has 0 saturated carbocycles. The zero-order chi connectivity index (χ0) is 18.9. The van der Waals surface area contributed by atoms with Gasteiger partial charge in [-0.25, -0.2) is 0 Å². The van der Waals surface area contributed by atoms with E-state index in [9.17, 15) is 27.5 Å². The number of para-hydroxylation sites is 1. The van der Waals surface area contributed by atoms with Gasteiger partial charge in [-0.05, 0) is 23.3 Å². The molecular weight excluding hydrogens is 354 g/mol. The van der Waals surface area contributed by atoms with Crippen LogP contribution in [0.25, 0.3) is 0 Å². The molecule has 0 radical (unpaired) electrons. The predicted molar refractivity (Wildman–Crippen MR) is 84.2 cm³/mol. The van der Waals surface area contributed by atoms with Gasteiger partial charge in [0.1, 0.15) is 5.75 Å². The minimum atomic E-state index is -4.72. The van der Waals surface area contributed by atoms with E-state index in [0.29, 0.717) is 5.56 Å².